The Balaban J connectivity index is 1.55. The van der Waals surface area contributed by atoms with Gasteiger partial charge in [0.2, 0.25) is 11.8 Å². The van der Waals surface area contributed by atoms with Crippen LogP contribution >= 0.6 is 11.6 Å². The molecule has 0 bridgehead atoms. The van der Waals surface area contributed by atoms with Crippen LogP contribution in [-0.4, -0.2) is 49.6 Å². The van der Waals surface area contributed by atoms with Crippen molar-refractivity contribution in [3.05, 3.63) is 47.5 Å². The second-order valence-corrected chi connectivity index (χ2v) is 6.87. The number of nitrogens with zero attached hydrogens (tertiary/aromatic N) is 1. The van der Waals surface area contributed by atoms with Crippen LogP contribution in [0.15, 0.2) is 42.5 Å². The van der Waals surface area contributed by atoms with E-state index >= 15 is 0 Å². The van der Waals surface area contributed by atoms with E-state index < -0.39 is 6.04 Å². The summed E-state index contributed by atoms with van der Waals surface area (Å²) in [6.45, 7) is 2.76. The number of amides is 2. The Morgan fingerprint density at radius 3 is 2.57 bits per heavy atom. The smallest absolute Gasteiger partial charge is 0.241 e. The van der Waals surface area contributed by atoms with Gasteiger partial charge < -0.3 is 20.1 Å². The molecule has 2 aromatic rings. The maximum Gasteiger partial charge on any atom is 0.241 e. The Hall–Kier alpha value is -2.77. The number of anilines is 2. The first-order valence-corrected chi connectivity index (χ1v) is 9.27. The Labute approximate surface area is 168 Å². The number of para-hydroxylation sites is 1. The molecule has 0 saturated carbocycles. The Morgan fingerprint density at radius 2 is 1.82 bits per heavy atom. The van der Waals surface area contributed by atoms with Crippen LogP contribution in [0.5, 0.6) is 11.5 Å². The first-order valence-electron chi connectivity index (χ1n) is 8.89. The van der Waals surface area contributed by atoms with Crippen molar-refractivity contribution in [3.63, 3.8) is 0 Å². The molecule has 7 nitrogen and oxygen atoms in total. The van der Waals surface area contributed by atoms with E-state index in [0.717, 1.165) is 0 Å². The zero-order valence-electron chi connectivity index (χ0n) is 15.7. The maximum absolute atomic E-state index is 12.5. The molecule has 0 aromatic heterocycles. The third kappa shape index (κ3) is 4.94. The van der Waals surface area contributed by atoms with Gasteiger partial charge in [-0.05, 0) is 38.2 Å². The van der Waals surface area contributed by atoms with Gasteiger partial charge in [-0.3, -0.25) is 14.5 Å². The van der Waals surface area contributed by atoms with Gasteiger partial charge in [0, 0.05) is 11.8 Å². The lowest BCUT2D eigenvalue weighted by Crippen LogP contribution is -2.43. The van der Waals surface area contributed by atoms with E-state index in [4.69, 9.17) is 21.1 Å². The summed E-state index contributed by atoms with van der Waals surface area (Å²) in [7, 11) is 1.71. The van der Waals surface area contributed by atoms with Crippen LogP contribution in [0.3, 0.4) is 0 Å². The van der Waals surface area contributed by atoms with E-state index in [1.165, 1.54) is 0 Å². The standard InChI is InChI=1S/C20H22ClN3O4/c1-13(24(2)12-19(25)23-16-6-4-3-5-15(16)21)20(26)22-14-7-8-17-18(11-14)28-10-9-27-17/h3-8,11,13H,9-10,12H2,1-2H3,(H,22,26)(H,23,25)/t13-/m0/s1. The van der Waals surface area contributed by atoms with E-state index in [-0.39, 0.29) is 18.4 Å². The molecule has 0 radical (unpaired) electrons. The summed E-state index contributed by atoms with van der Waals surface area (Å²) in [4.78, 5) is 26.4. The van der Waals surface area contributed by atoms with Gasteiger partial charge >= 0.3 is 0 Å². The number of fused-ring (bicyclic) bond motifs is 1. The van der Waals surface area contributed by atoms with Crippen molar-refractivity contribution in [1.29, 1.82) is 0 Å². The zero-order valence-corrected chi connectivity index (χ0v) is 16.5. The summed E-state index contributed by atoms with van der Waals surface area (Å²) in [6.07, 6.45) is 0. The number of ether oxygens (including phenoxy) is 2. The Kier molecular flexibility index (Phi) is 6.38. The van der Waals surface area contributed by atoms with Gasteiger partial charge in [-0.25, -0.2) is 0 Å². The van der Waals surface area contributed by atoms with Crippen molar-refractivity contribution < 1.29 is 19.1 Å². The lowest BCUT2D eigenvalue weighted by Gasteiger charge is -2.24. The van der Waals surface area contributed by atoms with Crippen molar-refractivity contribution in [1.82, 2.24) is 4.90 Å². The third-order valence-electron chi connectivity index (χ3n) is 4.39. The summed E-state index contributed by atoms with van der Waals surface area (Å²) < 4.78 is 11.0. The number of likely N-dealkylation sites (N-methyl/N-ethyl adjacent to an activating group) is 1. The average molecular weight is 404 g/mol. The molecular weight excluding hydrogens is 382 g/mol. The molecule has 148 valence electrons. The zero-order chi connectivity index (χ0) is 20.1. The summed E-state index contributed by atoms with van der Waals surface area (Å²) >= 11 is 6.05. The van der Waals surface area contributed by atoms with E-state index in [1.807, 2.05) is 0 Å². The number of hydrogen-bond donors (Lipinski definition) is 2. The minimum Gasteiger partial charge on any atom is -0.486 e. The largest absolute Gasteiger partial charge is 0.486 e. The van der Waals surface area contributed by atoms with Crippen LogP contribution in [-0.2, 0) is 9.59 Å². The highest BCUT2D eigenvalue weighted by atomic mass is 35.5. The molecule has 1 heterocycles. The molecule has 0 aliphatic carbocycles. The lowest BCUT2D eigenvalue weighted by molar-refractivity contribution is -0.122. The van der Waals surface area contributed by atoms with Crippen molar-refractivity contribution in [2.75, 3.05) is 37.4 Å². The molecule has 2 aromatic carbocycles. The van der Waals surface area contributed by atoms with Crippen molar-refractivity contribution in [2.45, 2.75) is 13.0 Å². The fraction of sp³-hybridized carbons (Fsp3) is 0.300. The van der Waals surface area contributed by atoms with Gasteiger partial charge in [0.1, 0.15) is 13.2 Å². The van der Waals surface area contributed by atoms with Crippen molar-refractivity contribution in [2.24, 2.45) is 0 Å². The molecule has 0 fully saturated rings. The molecule has 0 spiro atoms. The number of benzene rings is 2. The van der Waals surface area contributed by atoms with E-state index in [0.29, 0.717) is 41.1 Å². The lowest BCUT2D eigenvalue weighted by atomic mass is 10.2. The van der Waals surface area contributed by atoms with Gasteiger partial charge in [-0.1, -0.05) is 23.7 Å². The molecule has 1 atom stereocenters. The number of carbonyl (C=O) groups excluding carboxylic acids is 2. The van der Waals surface area contributed by atoms with Crippen LogP contribution in [0.4, 0.5) is 11.4 Å². The normalized spacial score (nSPS) is 13.7. The topological polar surface area (TPSA) is 79.9 Å². The second kappa shape index (κ2) is 8.95. The Bertz CT molecular complexity index is 874. The molecule has 1 aliphatic heterocycles. The fourth-order valence-corrected chi connectivity index (χ4v) is 2.87. The van der Waals surface area contributed by atoms with Crippen LogP contribution in [0.2, 0.25) is 5.02 Å². The van der Waals surface area contributed by atoms with Gasteiger partial charge in [0.15, 0.2) is 11.5 Å². The molecular formula is C20H22ClN3O4. The highest BCUT2D eigenvalue weighted by Gasteiger charge is 2.21. The molecule has 28 heavy (non-hydrogen) atoms. The van der Waals surface area contributed by atoms with Crippen LogP contribution in [0.1, 0.15) is 6.92 Å². The highest BCUT2D eigenvalue weighted by Crippen LogP contribution is 2.32. The predicted octanol–water partition coefficient (Wildman–Crippen LogP) is 3.01. The summed E-state index contributed by atoms with van der Waals surface area (Å²) in [6, 6.07) is 11.7. The van der Waals surface area contributed by atoms with Gasteiger partial charge in [0.05, 0.1) is 23.3 Å². The predicted molar refractivity (Wildman–Crippen MR) is 108 cm³/mol. The second-order valence-electron chi connectivity index (χ2n) is 6.47. The number of halogens is 1. The third-order valence-corrected chi connectivity index (χ3v) is 4.72. The van der Waals surface area contributed by atoms with Gasteiger partial charge in [-0.15, -0.1) is 0 Å². The minimum absolute atomic E-state index is 0.0426. The van der Waals surface area contributed by atoms with E-state index in [1.54, 1.807) is 61.3 Å². The number of carbonyl (C=O) groups is 2. The highest BCUT2D eigenvalue weighted by molar-refractivity contribution is 6.33. The van der Waals surface area contributed by atoms with Gasteiger partial charge in [-0.2, -0.15) is 0 Å². The minimum atomic E-state index is -0.523. The monoisotopic (exact) mass is 403 g/mol. The van der Waals surface area contributed by atoms with Crippen LogP contribution in [0.25, 0.3) is 0 Å². The molecule has 3 rings (SSSR count). The SMILES string of the molecule is C[C@@H](C(=O)Nc1ccc2c(c1)OCCO2)N(C)CC(=O)Nc1ccccc1Cl. The first-order chi connectivity index (χ1) is 13.4. The molecule has 8 heteroatoms. The number of hydrogen-bond acceptors (Lipinski definition) is 5. The molecule has 1 aliphatic rings. The first kappa shape index (κ1) is 20.0. The van der Waals surface area contributed by atoms with E-state index in [9.17, 15) is 9.59 Å². The van der Waals surface area contributed by atoms with Gasteiger partial charge in [0.25, 0.3) is 0 Å². The maximum atomic E-state index is 12.5. The van der Waals surface area contributed by atoms with E-state index in [2.05, 4.69) is 10.6 Å². The van der Waals surface area contributed by atoms with Crippen LogP contribution < -0.4 is 20.1 Å². The average Bonchev–Trinajstić information content (AvgIpc) is 2.69. The summed E-state index contributed by atoms with van der Waals surface area (Å²) in [5.74, 6) is 0.772. The quantitative estimate of drug-likeness (QED) is 0.775. The van der Waals surface area contributed by atoms with Crippen molar-refractivity contribution >= 4 is 34.8 Å². The summed E-state index contributed by atoms with van der Waals surface area (Å²) in [5, 5.41) is 6.04. The fourth-order valence-electron chi connectivity index (χ4n) is 2.68. The molecule has 2 amide bonds. The molecule has 0 saturated heterocycles. The molecule has 2 N–H and O–H groups in total. The Morgan fingerprint density at radius 1 is 1.11 bits per heavy atom. The van der Waals surface area contributed by atoms with Crippen molar-refractivity contribution in [3.8, 4) is 11.5 Å². The number of rotatable bonds is 6. The molecule has 0 unspecified atom stereocenters. The summed E-state index contributed by atoms with van der Waals surface area (Å²) in [5.41, 5.74) is 1.14. The number of nitrogens with one attached hydrogen (secondary N) is 2. The van der Waals surface area contributed by atoms with Crippen LogP contribution in [0, 0.1) is 0 Å².